The molecule has 0 unspecified atom stereocenters. The van der Waals surface area contributed by atoms with Crippen molar-refractivity contribution in [3.05, 3.63) is 59.4 Å². The van der Waals surface area contributed by atoms with Gasteiger partial charge in [-0.3, -0.25) is 0 Å². The molecular formula is C15H16FNS. The van der Waals surface area contributed by atoms with Crippen LogP contribution in [0.5, 0.6) is 0 Å². The minimum Gasteiger partial charge on any atom is -0.381 e. The first-order valence-corrected chi connectivity index (χ1v) is 7.04. The lowest BCUT2D eigenvalue weighted by Crippen LogP contribution is -2.01. The average molecular weight is 261 g/mol. The number of rotatable bonds is 4. The molecule has 0 radical (unpaired) electrons. The molecular weight excluding hydrogens is 245 g/mol. The molecule has 0 aliphatic rings. The highest BCUT2D eigenvalue weighted by molar-refractivity contribution is 7.98. The van der Waals surface area contributed by atoms with Crippen LogP contribution in [0.1, 0.15) is 11.1 Å². The van der Waals surface area contributed by atoms with Crippen LogP contribution in [0.4, 0.5) is 10.1 Å². The molecule has 0 aliphatic heterocycles. The Hall–Kier alpha value is -1.48. The summed E-state index contributed by atoms with van der Waals surface area (Å²) in [6.45, 7) is 2.64. The Morgan fingerprint density at radius 3 is 2.72 bits per heavy atom. The fourth-order valence-corrected chi connectivity index (χ4v) is 2.25. The summed E-state index contributed by atoms with van der Waals surface area (Å²) in [7, 11) is 0. The largest absolute Gasteiger partial charge is 0.381 e. The van der Waals surface area contributed by atoms with Gasteiger partial charge in [0.2, 0.25) is 0 Å². The standard InChI is InChI=1S/C15H16FNS/c1-11-8-13(16)7-6-12(11)10-17-14-4-3-5-15(9-14)18-2/h3-9,17H,10H2,1-2H3. The van der Waals surface area contributed by atoms with Crippen molar-refractivity contribution >= 4 is 17.4 Å². The van der Waals surface area contributed by atoms with E-state index in [9.17, 15) is 4.39 Å². The smallest absolute Gasteiger partial charge is 0.123 e. The third-order valence-corrected chi connectivity index (χ3v) is 3.58. The highest BCUT2D eigenvalue weighted by atomic mass is 32.2. The van der Waals surface area contributed by atoms with Crippen LogP contribution in [0.25, 0.3) is 0 Å². The van der Waals surface area contributed by atoms with E-state index < -0.39 is 0 Å². The maximum absolute atomic E-state index is 13.0. The van der Waals surface area contributed by atoms with Gasteiger partial charge in [-0.25, -0.2) is 4.39 Å². The number of hydrogen-bond acceptors (Lipinski definition) is 2. The molecule has 1 nitrogen and oxygen atoms in total. The zero-order valence-electron chi connectivity index (χ0n) is 10.5. The molecule has 0 amide bonds. The molecule has 0 fully saturated rings. The van der Waals surface area contributed by atoms with E-state index in [1.54, 1.807) is 17.8 Å². The molecule has 18 heavy (non-hydrogen) atoms. The lowest BCUT2D eigenvalue weighted by molar-refractivity contribution is 0.625. The van der Waals surface area contributed by atoms with E-state index in [-0.39, 0.29) is 5.82 Å². The van der Waals surface area contributed by atoms with Crippen molar-refractivity contribution in [1.82, 2.24) is 0 Å². The van der Waals surface area contributed by atoms with Gasteiger partial charge < -0.3 is 5.32 Å². The van der Waals surface area contributed by atoms with Gasteiger partial charge in [0.15, 0.2) is 0 Å². The van der Waals surface area contributed by atoms with Crippen LogP contribution in [0, 0.1) is 12.7 Å². The molecule has 0 aliphatic carbocycles. The molecule has 2 aromatic rings. The Morgan fingerprint density at radius 2 is 2.00 bits per heavy atom. The van der Waals surface area contributed by atoms with Crippen LogP contribution in [-0.2, 0) is 6.54 Å². The number of hydrogen-bond donors (Lipinski definition) is 1. The lowest BCUT2D eigenvalue weighted by Gasteiger charge is -2.10. The Kier molecular flexibility index (Phi) is 4.26. The zero-order chi connectivity index (χ0) is 13.0. The average Bonchev–Trinajstić information content (AvgIpc) is 2.38. The molecule has 2 rings (SSSR count). The van der Waals surface area contributed by atoms with E-state index in [2.05, 4.69) is 23.7 Å². The summed E-state index contributed by atoms with van der Waals surface area (Å²) in [4.78, 5) is 1.23. The van der Waals surface area contributed by atoms with Crippen LogP contribution in [0.3, 0.4) is 0 Å². The van der Waals surface area contributed by atoms with E-state index in [1.807, 2.05) is 25.1 Å². The van der Waals surface area contributed by atoms with Crippen molar-refractivity contribution in [3.8, 4) is 0 Å². The van der Waals surface area contributed by atoms with E-state index >= 15 is 0 Å². The quantitative estimate of drug-likeness (QED) is 0.815. The third-order valence-electron chi connectivity index (χ3n) is 2.86. The molecule has 3 heteroatoms. The third kappa shape index (κ3) is 3.26. The summed E-state index contributed by atoms with van der Waals surface area (Å²) in [5.74, 6) is -0.180. The second-order valence-electron chi connectivity index (χ2n) is 4.16. The molecule has 2 aromatic carbocycles. The van der Waals surface area contributed by atoms with Gasteiger partial charge in [0, 0.05) is 17.1 Å². The van der Waals surface area contributed by atoms with E-state index in [0.29, 0.717) is 6.54 Å². The summed E-state index contributed by atoms with van der Waals surface area (Å²) in [5, 5.41) is 3.36. The van der Waals surface area contributed by atoms with E-state index in [0.717, 1.165) is 16.8 Å². The number of benzene rings is 2. The minimum atomic E-state index is -0.180. The monoisotopic (exact) mass is 261 g/mol. The molecule has 1 N–H and O–H groups in total. The van der Waals surface area contributed by atoms with Gasteiger partial charge in [-0.05, 0) is 54.6 Å². The molecule has 0 bridgehead atoms. The molecule has 0 saturated carbocycles. The Bertz CT molecular complexity index is 540. The van der Waals surface area contributed by atoms with E-state index in [4.69, 9.17) is 0 Å². The number of aryl methyl sites for hydroxylation is 1. The summed E-state index contributed by atoms with van der Waals surface area (Å²) in [6.07, 6.45) is 2.06. The van der Waals surface area contributed by atoms with Crippen molar-refractivity contribution in [2.24, 2.45) is 0 Å². The molecule has 94 valence electrons. The van der Waals surface area contributed by atoms with Crippen molar-refractivity contribution in [2.45, 2.75) is 18.4 Å². The molecule has 0 heterocycles. The second kappa shape index (κ2) is 5.91. The molecule has 0 saturated heterocycles. The zero-order valence-corrected chi connectivity index (χ0v) is 11.4. The van der Waals surface area contributed by atoms with Gasteiger partial charge in [0.1, 0.15) is 5.82 Å². The summed E-state index contributed by atoms with van der Waals surface area (Å²) < 4.78 is 13.0. The SMILES string of the molecule is CSc1cccc(NCc2ccc(F)cc2C)c1. The number of nitrogens with one attached hydrogen (secondary N) is 1. The maximum Gasteiger partial charge on any atom is 0.123 e. The summed E-state index contributed by atoms with van der Waals surface area (Å²) >= 11 is 1.72. The van der Waals surface area contributed by atoms with Crippen LogP contribution in [0.15, 0.2) is 47.4 Å². The second-order valence-corrected chi connectivity index (χ2v) is 5.04. The van der Waals surface area contributed by atoms with Crippen molar-refractivity contribution in [3.63, 3.8) is 0 Å². The van der Waals surface area contributed by atoms with Crippen molar-refractivity contribution < 1.29 is 4.39 Å². The maximum atomic E-state index is 13.0. The lowest BCUT2D eigenvalue weighted by atomic mass is 10.1. The summed E-state index contributed by atoms with van der Waals surface area (Å²) in [5.41, 5.74) is 3.18. The van der Waals surface area contributed by atoms with Crippen LogP contribution in [0.2, 0.25) is 0 Å². The fraction of sp³-hybridized carbons (Fsp3) is 0.200. The van der Waals surface area contributed by atoms with Crippen LogP contribution < -0.4 is 5.32 Å². The van der Waals surface area contributed by atoms with Crippen molar-refractivity contribution in [1.29, 1.82) is 0 Å². The van der Waals surface area contributed by atoms with Crippen molar-refractivity contribution in [2.75, 3.05) is 11.6 Å². The first-order chi connectivity index (χ1) is 8.69. The predicted octanol–water partition coefficient (Wildman–Crippen LogP) is 4.47. The highest BCUT2D eigenvalue weighted by Gasteiger charge is 2.00. The number of halogens is 1. The van der Waals surface area contributed by atoms with Gasteiger partial charge in [-0.1, -0.05) is 12.1 Å². The first kappa shape index (κ1) is 13.0. The Balaban J connectivity index is 2.06. The van der Waals surface area contributed by atoms with Gasteiger partial charge in [0.25, 0.3) is 0 Å². The van der Waals surface area contributed by atoms with Crippen LogP contribution in [-0.4, -0.2) is 6.26 Å². The Morgan fingerprint density at radius 1 is 1.17 bits per heavy atom. The normalized spacial score (nSPS) is 10.4. The molecule has 0 aromatic heterocycles. The van der Waals surface area contributed by atoms with Gasteiger partial charge in [0.05, 0.1) is 0 Å². The number of anilines is 1. The highest BCUT2D eigenvalue weighted by Crippen LogP contribution is 2.20. The van der Waals surface area contributed by atoms with Gasteiger partial charge in [-0.15, -0.1) is 11.8 Å². The fourth-order valence-electron chi connectivity index (χ4n) is 1.79. The number of thioether (sulfide) groups is 1. The Labute approximate surface area is 111 Å². The topological polar surface area (TPSA) is 12.0 Å². The molecule has 0 spiro atoms. The predicted molar refractivity (Wildman–Crippen MR) is 76.7 cm³/mol. The van der Waals surface area contributed by atoms with Gasteiger partial charge in [-0.2, -0.15) is 0 Å². The van der Waals surface area contributed by atoms with Crippen LogP contribution >= 0.6 is 11.8 Å². The molecule has 0 atom stereocenters. The van der Waals surface area contributed by atoms with Gasteiger partial charge >= 0.3 is 0 Å². The minimum absolute atomic E-state index is 0.180. The first-order valence-electron chi connectivity index (χ1n) is 5.82. The van der Waals surface area contributed by atoms with E-state index in [1.165, 1.54) is 11.0 Å². The summed E-state index contributed by atoms with van der Waals surface area (Å²) in [6, 6.07) is 13.2.